The average molecular weight is 300 g/mol. The first kappa shape index (κ1) is 16.9. The molecule has 0 bridgehead atoms. The van der Waals surface area contributed by atoms with Crippen molar-refractivity contribution in [1.29, 1.82) is 0 Å². The number of ether oxygens (including phenoxy) is 2. The van der Waals surface area contributed by atoms with Crippen LogP contribution in [0.5, 0.6) is 0 Å². The van der Waals surface area contributed by atoms with Crippen molar-refractivity contribution in [3.63, 3.8) is 0 Å². The molecular weight excluding hydrogens is 280 g/mol. The van der Waals surface area contributed by atoms with Gasteiger partial charge in [0.05, 0.1) is 25.0 Å². The van der Waals surface area contributed by atoms with E-state index in [0.717, 1.165) is 0 Å². The largest absolute Gasteiger partial charge is 0.480 e. The Hall–Kier alpha value is -2.13. The van der Waals surface area contributed by atoms with Gasteiger partial charge in [-0.1, -0.05) is 0 Å². The van der Waals surface area contributed by atoms with E-state index < -0.39 is 18.0 Å². The summed E-state index contributed by atoms with van der Waals surface area (Å²) in [5.41, 5.74) is 0.472. The molecule has 0 aliphatic carbocycles. The molecule has 1 unspecified atom stereocenters. The number of carboxylic acids is 1. The Kier molecular flexibility index (Phi) is 7.19. The molecule has 1 rings (SSSR count). The molecule has 2 amide bonds. The van der Waals surface area contributed by atoms with Crippen molar-refractivity contribution >= 4 is 17.7 Å². The number of aliphatic carboxylic acids is 1. The van der Waals surface area contributed by atoms with E-state index in [2.05, 4.69) is 15.7 Å². The van der Waals surface area contributed by atoms with Gasteiger partial charge in [0.2, 0.25) is 0 Å². The lowest BCUT2D eigenvalue weighted by Crippen LogP contribution is -2.43. The minimum Gasteiger partial charge on any atom is -0.480 e. The second-order valence-corrected chi connectivity index (χ2v) is 4.26. The summed E-state index contributed by atoms with van der Waals surface area (Å²) in [5.74, 6) is -1.11. The highest BCUT2D eigenvalue weighted by Gasteiger charge is 2.19. The molecular formula is C12H20N4O5. The van der Waals surface area contributed by atoms with Crippen molar-refractivity contribution in [2.24, 2.45) is 0 Å². The van der Waals surface area contributed by atoms with Crippen LogP contribution in [0.2, 0.25) is 0 Å². The fraction of sp³-hybridized carbons (Fsp3) is 0.583. The van der Waals surface area contributed by atoms with Crippen LogP contribution in [0.1, 0.15) is 6.42 Å². The third kappa shape index (κ3) is 6.23. The first-order valence-electron chi connectivity index (χ1n) is 6.37. The number of carboxylic acid groups (broad SMARTS) is 1. The molecule has 0 radical (unpaired) electrons. The number of nitrogens with zero attached hydrogens (tertiary/aromatic N) is 2. The Morgan fingerprint density at radius 1 is 1.38 bits per heavy atom. The summed E-state index contributed by atoms with van der Waals surface area (Å²) in [6, 6.07) is -1.61. The fourth-order valence-corrected chi connectivity index (χ4v) is 1.55. The highest BCUT2D eigenvalue weighted by molar-refractivity contribution is 5.91. The molecule has 0 spiro atoms. The fourth-order valence-electron chi connectivity index (χ4n) is 1.55. The Morgan fingerprint density at radius 2 is 2.10 bits per heavy atom. The number of urea groups is 1. The maximum atomic E-state index is 11.7. The zero-order valence-corrected chi connectivity index (χ0v) is 12.0. The predicted molar refractivity (Wildman–Crippen MR) is 74.2 cm³/mol. The van der Waals surface area contributed by atoms with E-state index >= 15 is 0 Å². The van der Waals surface area contributed by atoms with Gasteiger partial charge in [0, 0.05) is 33.4 Å². The summed E-state index contributed by atoms with van der Waals surface area (Å²) in [4.78, 5) is 22.7. The number of amides is 2. The Bertz CT molecular complexity index is 462. The normalized spacial score (nSPS) is 11.9. The molecule has 0 saturated heterocycles. The Morgan fingerprint density at radius 3 is 2.71 bits per heavy atom. The first-order chi connectivity index (χ1) is 10.1. The molecule has 0 aliphatic heterocycles. The molecule has 0 aromatic carbocycles. The molecule has 0 fully saturated rings. The van der Waals surface area contributed by atoms with Crippen molar-refractivity contribution in [3.05, 3.63) is 12.4 Å². The van der Waals surface area contributed by atoms with E-state index in [1.807, 2.05) is 0 Å². The first-order valence-corrected chi connectivity index (χ1v) is 6.37. The van der Waals surface area contributed by atoms with Gasteiger partial charge in [0.25, 0.3) is 0 Å². The lowest BCUT2D eigenvalue weighted by molar-refractivity contribution is -0.139. The minimum atomic E-state index is -1.11. The number of carbonyl (C=O) groups excluding carboxylic acids is 1. The molecule has 1 atom stereocenters. The molecule has 1 aromatic rings. The van der Waals surface area contributed by atoms with Crippen molar-refractivity contribution < 1.29 is 24.2 Å². The van der Waals surface area contributed by atoms with E-state index in [4.69, 9.17) is 14.6 Å². The third-order valence-electron chi connectivity index (χ3n) is 2.63. The van der Waals surface area contributed by atoms with Crippen molar-refractivity contribution in [1.82, 2.24) is 15.1 Å². The standard InChI is InChI=1S/C12H20N4O5/c1-20-5-3-10(11(17)18)15-12(19)14-9-7-13-16(8-9)4-6-21-2/h7-8,10H,3-6H2,1-2H3,(H,17,18)(H2,14,15,19). The molecule has 1 aromatic heterocycles. The van der Waals surface area contributed by atoms with Gasteiger partial charge in [0.15, 0.2) is 0 Å². The lowest BCUT2D eigenvalue weighted by atomic mass is 10.2. The minimum absolute atomic E-state index is 0.187. The Balaban J connectivity index is 2.47. The van der Waals surface area contributed by atoms with Crippen LogP contribution in [0.4, 0.5) is 10.5 Å². The predicted octanol–water partition coefficient (Wildman–Crippen LogP) is 0.141. The van der Waals surface area contributed by atoms with Crippen molar-refractivity contribution in [2.75, 3.05) is 32.8 Å². The summed E-state index contributed by atoms with van der Waals surface area (Å²) in [5, 5.41) is 17.9. The van der Waals surface area contributed by atoms with Gasteiger partial charge in [-0.3, -0.25) is 4.68 Å². The Labute approximate surface area is 122 Å². The summed E-state index contributed by atoms with van der Waals surface area (Å²) in [6.45, 7) is 1.31. The molecule has 0 aliphatic rings. The average Bonchev–Trinajstić information content (AvgIpc) is 2.88. The van der Waals surface area contributed by atoms with Gasteiger partial charge >= 0.3 is 12.0 Å². The third-order valence-corrected chi connectivity index (χ3v) is 2.63. The number of anilines is 1. The quantitative estimate of drug-likeness (QED) is 0.597. The van der Waals surface area contributed by atoms with Crippen LogP contribution < -0.4 is 10.6 Å². The molecule has 0 saturated carbocycles. The molecule has 1 heterocycles. The SMILES string of the molecule is COCCC(NC(=O)Nc1cnn(CCOC)c1)C(=O)O. The highest BCUT2D eigenvalue weighted by atomic mass is 16.5. The maximum Gasteiger partial charge on any atom is 0.326 e. The van der Waals surface area contributed by atoms with Gasteiger partial charge < -0.3 is 25.2 Å². The van der Waals surface area contributed by atoms with E-state index in [0.29, 0.717) is 18.8 Å². The smallest absolute Gasteiger partial charge is 0.326 e. The van der Waals surface area contributed by atoms with E-state index in [-0.39, 0.29) is 13.0 Å². The van der Waals surface area contributed by atoms with Crippen LogP contribution in [0.25, 0.3) is 0 Å². The summed E-state index contributed by atoms with van der Waals surface area (Å²) in [6.07, 6.45) is 3.29. The second kappa shape index (κ2) is 8.93. The van der Waals surface area contributed by atoms with Crippen LogP contribution in [-0.4, -0.2) is 60.4 Å². The highest BCUT2D eigenvalue weighted by Crippen LogP contribution is 2.05. The van der Waals surface area contributed by atoms with Crippen LogP contribution in [0.15, 0.2) is 12.4 Å². The van der Waals surface area contributed by atoms with Crippen molar-refractivity contribution in [3.8, 4) is 0 Å². The van der Waals surface area contributed by atoms with Gasteiger partial charge in [-0.25, -0.2) is 9.59 Å². The van der Waals surface area contributed by atoms with Gasteiger partial charge in [-0.2, -0.15) is 5.10 Å². The number of aromatic nitrogens is 2. The molecule has 118 valence electrons. The number of hydrogen-bond acceptors (Lipinski definition) is 5. The van der Waals surface area contributed by atoms with E-state index in [1.54, 1.807) is 18.0 Å². The number of carbonyl (C=O) groups is 2. The van der Waals surface area contributed by atoms with Crippen LogP contribution in [0, 0.1) is 0 Å². The number of hydrogen-bond donors (Lipinski definition) is 3. The van der Waals surface area contributed by atoms with Crippen LogP contribution in [-0.2, 0) is 20.8 Å². The summed E-state index contributed by atoms with van der Waals surface area (Å²) < 4.78 is 11.3. The maximum absolute atomic E-state index is 11.7. The van der Waals surface area contributed by atoms with E-state index in [9.17, 15) is 9.59 Å². The molecule has 9 nitrogen and oxygen atoms in total. The molecule has 21 heavy (non-hydrogen) atoms. The van der Waals surface area contributed by atoms with Crippen LogP contribution in [0.3, 0.4) is 0 Å². The van der Waals surface area contributed by atoms with Gasteiger partial charge in [-0.05, 0) is 0 Å². The van der Waals surface area contributed by atoms with Crippen molar-refractivity contribution in [2.45, 2.75) is 19.0 Å². The van der Waals surface area contributed by atoms with Gasteiger partial charge in [-0.15, -0.1) is 0 Å². The van der Waals surface area contributed by atoms with Gasteiger partial charge in [0.1, 0.15) is 6.04 Å². The number of rotatable bonds is 9. The monoisotopic (exact) mass is 300 g/mol. The summed E-state index contributed by atoms with van der Waals surface area (Å²) >= 11 is 0. The van der Waals surface area contributed by atoms with Crippen LogP contribution >= 0.6 is 0 Å². The molecule has 3 N–H and O–H groups in total. The summed E-state index contributed by atoms with van der Waals surface area (Å²) in [7, 11) is 3.05. The zero-order chi connectivity index (χ0) is 15.7. The number of nitrogens with one attached hydrogen (secondary N) is 2. The lowest BCUT2D eigenvalue weighted by Gasteiger charge is -2.14. The molecule has 9 heteroatoms. The number of methoxy groups -OCH3 is 2. The zero-order valence-electron chi connectivity index (χ0n) is 12.0. The van der Waals surface area contributed by atoms with E-state index in [1.165, 1.54) is 13.3 Å². The topological polar surface area (TPSA) is 115 Å². The second-order valence-electron chi connectivity index (χ2n) is 4.26.